The lowest BCUT2D eigenvalue weighted by Crippen LogP contribution is -2.17. The van der Waals surface area contributed by atoms with Crippen molar-refractivity contribution in [3.8, 4) is 0 Å². The van der Waals surface area contributed by atoms with Gasteiger partial charge in [0.15, 0.2) is 0 Å². The van der Waals surface area contributed by atoms with Crippen LogP contribution in [0.3, 0.4) is 0 Å². The third-order valence-corrected chi connectivity index (χ3v) is 2.50. The highest BCUT2D eigenvalue weighted by molar-refractivity contribution is 6.13. The van der Waals surface area contributed by atoms with Gasteiger partial charge in [-0.2, -0.15) is 0 Å². The van der Waals surface area contributed by atoms with Gasteiger partial charge in [-0.25, -0.2) is 9.59 Å². The summed E-state index contributed by atoms with van der Waals surface area (Å²) in [6, 6.07) is 0. The number of rotatable bonds is 10. The molecule has 0 saturated heterocycles. The lowest BCUT2D eigenvalue weighted by Gasteiger charge is -2.06. The summed E-state index contributed by atoms with van der Waals surface area (Å²) in [5.41, 5.74) is -0.233. The molecule has 0 bridgehead atoms. The fraction of sp³-hybridized carbons (Fsp3) is 0.714. The van der Waals surface area contributed by atoms with Gasteiger partial charge < -0.3 is 9.47 Å². The van der Waals surface area contributed by atoms with Crippen molar-refractivity contribution in [1.29, 1.82) is 0 Å². The molecule has 0 rings (SSSR count). The summed E-state index contributed by atoms with van der Waals surface area (Å²) in [5.74, 6) is -1.38. The summed E-state index contributed by atoms with van der Waals surface area (Å²) in [4.78, 5) is 22.5. The SMILES string of the molecule is C=C(C(=O)OCC)C(=O)OCCCCCCCC. The van der Waals surface area contributed by atoms with Crippen molar-refractivity contribution in [3.05, 3.63) is 12.2 Å². The third kappa shape index (κ3) is 7.87. The van der Waals surface area contributed by atoms with E-state index in [0.29, 0.717) is 6.61 Å². The van der Waals surface area contributed by atoms with Crippen LogP contribution in [-0.4, -0.2) is 25.2 Å². The third-order valence-electron chi connectivity index (χ3n) is 2.50. The molecule has 0 aliphatic carbocycles. The van der Waals surface area contributed by atoms with Gasteiger partial charge in [0.05, 0.1) is 13.2 Å². The first-order valence-electron chi connectivity index (χ1n) is 6.66. The molecule has 18 heavy (non-hydrogen) atoms. The summed E-state index contributed by atoms with van der Waals surface area (Å²) in [5, 5.41) is 0. The second kappa shape index (κ2) is 10.8. The number of carbonyl (C=O) groups is 2. The first-order valence-corrected chi connectivity index (χ1v) is 6.66. The van der Waals surface area contributed by atoms with E-state index in [4.69, 9.17) is 4.74 Å². The van der Waals surface area contributed by atoms with E-state index in [0.717, 1.165) is 19.3 Å². The molecular weight excluding hydrogens is 232 g/mol. The second-order valence-corrected chi connectivity index (χ2v) is 4.10. The Kier molecular flexibility index (Phi) is 10.0. The zero-order chi connectivity index (χ0) is 13.8. The molecule has 0 aliphatic rings. The van der Waals surface area contributed by atoms with Crippen molar-refractivity contribution in [2.45, 2.75) is 52.4 Å². The first-order chi connectivity index (χ1) is 8.63. The minimum atomic E-state index is -0.703. The lowest BCUT2D eigenvalue weighted by atomic mass is 10.1. The van der Waals surface area contributed by atoms with Crippen molar-refractivity contribution in [1.82, 2.24) is 0 Å². The van der Waals surface area contributed by atoms with Crippen molar-refractivity contribution >= 4 is 11.9 Å². The topological polar surface area (TPSA) is 52.6 Å². The van der Waals surface area contributed by atoms with Gasteiger partial charge in [0.1, 0.15) is 5.57 Å². The first kappa shape index (κ1) is 16.7. The van der Waals surface area contributed by atoms with Crippen molar-refractivity contribution in [3.63, 3.8) is 0 Å². The Balaban J connectivity index is 3.58. The molecule has 0 unspecified atom stereocenters. The van der Waals surface area contributed by atoms with E-state index >= 15 is 0 Å². The standard InChI is InChI=1S/C14H24O4/c1-4-6-7-8-9-10-11-18-14(16)12(3)13(15)17-5-2/h3-11H2,1-2H3. The molecule has 0 radical (unpaired) electrons. The van der Waals surface area contributed by atoms with E-state index in [-0.39, 0.29) is 12.2 Å². The summed E-state index contributed by atoms with van der Waals surface area (Å²) in [6.45, 7) is 7.77. The molecule has 4 nitrogen and oxygen atoms in total. The number of esters is 2. The molecule has 0 aromatic rings. The Labute approximate surface area is 109 Å². The van der Waals surface area contributed by atoms with Gasteiger partial charge in [0.25, 0.3) is 0 Å². The Bertz CT molecular complexity index is 271. The van der Waals surface area contributed by atoms with Gasteiger partial charge in [-0.15, -0.1) is 0 Å². The van der Waals surface area contributed by atoms with Crippen LogP contribution in [0.5, 0.6) is 0 Å². The molecular formula is C14H24O4. The average Bonchev–Trinajstić information content (AvgIpc) is 2.36. The zero-order valence-electron chi connectivity index (χ0n) is 11.5. The summed E-state index contributed by atoms with van der Waals surface area (Å²) < 4.78 is 9.60. The van der Waals surface area contributed by atoms with Crippen molar-refractivity contribution in [2.75, 3.05) is 13.2 Å². The van der Waals surface area contributed by atoms with E-state index < -0.39 is 11.9 Å². The quantitative estimate of drug-likeness (QED) is 0.198. The maximum atomic E-state index is 11.4. The van der Waals surface area contributed by atoms with Gasteiger partial charge in [0.2, 0.25) is 0 Å². The molecule has 0 heterocycles. The van der Waals surface area contributed by atoms with Crippen LogP contribution >= 0.6 is 0 Å². The average molecular weight is 256 g/mol. The van der Waals surface area contributed by atoms with Crippen LogP contribution in [-0.2, 0) is 19.1 Å². The molecule has 0 N–H and O–H groups in total. The molecule has 4 heteroatoms. The fourth-order valence-electron chi connectivity index (χ4n) is 1.44. The van der Waals surface area contributed by atoms with Crippen LogP contribution in [0, 0.1) is 0 Å². The molecule has 0 aromatic heterocycles. The van der Waals surface area contributed by atoms with Crippen LogP contribution in [0.25, 0.3) is 0 Å². The second-order valence-electron chi connectivity index (χ2n) is 4.10. The van der Waals surface area contributed by atoms with Crippen molar-refractivity contribution < 1.29 is 19.1 Å². The van der Waals surface area contributed by atoms with Crippen LogP contribution in [0.1, 0.15) is 52.4 Å². The number of hydrogen-bond acceptors (Lipinski definition) is 4. The Morgan fingerprint density at radius 1 is 0.889 bits per heavy atom. The van der Waals surface area contributed by atoms with Gasteiger partial charge >= 0.3 is 11.9 Å². The van der Waals surface area contributed by atoms with E-state index in [1.54, 1.807) is 6.92 Å². The number of carbonyl (C=O) groups excluding carboxylic acids is 2. The summed E-state index contributed by atoms with van der Waals surface area (Å²) in [7, 11) is 0. The van der Waals surface area contributed by atoms with Gasteiger partial charge in [-0.3, -0.25) is 0 Å². The molecule has 0 amide bonds. The van der Waals surface area contributed by atoms with Gasteiger partial charge in [0, 0.05) is 0 Å². The molecule has 0 saturated carbocycles. The van der Waals surface area contributed by atoms with Crippen LogP contribution in [0.15, 0.2) is 12.2 Å². The lowest BCUT2D eigenvalue weighted by molar-refractivity contribution is -0.146. The summed E-state index contributed by atoms with van der Waals surface area (Å²) in [6.07, 6.45) is 6.71. The molecule has 0 aromatic carbocycles. The minimum absolute atomic E-state index is 0.225. The van der Waals surface area contributed by atoms with Crippen LogP contribution in [0.4, 0.5) is 0 Å². The van der Waals surface area contributed by atoms with Crippen LogP contribution in [0.2, 0.25) is 0 Å². The van der Waals surface area contributed by atoms with E-state index in [1.807, 2.05) is 0 Å². The number of hydrogen-bond donors (Lipinski definition) is 0. The Hall–Kier alpha value is -1.32. The smallest absolute Gasteiger partial charge is 0.344 e. The largest absolute Gasteiger partial charge is 0.462 e. The monoisotopic (exact) mass is 256 g/mol. The molecule has 104 valence electrons. The highest BCUT2D eigenvalue weighted by Crippen LogP contribution is 2.06. The molecule has 0 aliphatic heterocycles. The highest BCUT2D eigenvalue weighted by Gasteiger charge is 2.17. The zero-order valence-corrected chi connectivity index (χ0v) is 11.5. The number of unbranched alkanes of at least 4 members (excludes halogenated alkanes) is 5. The maximum absolute atomic E-state index is 11.4. The van der Waals surface area contributed by atoms with Gasteiger partial charge in [-0.1, -0.05) is 45.6 Å². The predicted molar refractivity (Wildman–Crippen MR) is 70.1 cm³/mol. The van der Waals surface area contributed by atoms with Crippen LogP contribution < -0.4 is 0 Å². The van der Waals surface area contributed by atoms with E-state index in [1.165, 1.54) is 19.3 Å². The molecule has 0 spiro atoms. The maximum Gasteiger partial charge on any atom is 0.344 e. The highest BCUT2D eigenvalue weighted by atomic mass is 16.6. The predicted octanol–water partition coefficient (Wildman–Crippen LogP) is 3.01. The Morgan fingerprint density at radius 2 is 1.44 bits per heavy atom. The van der Waals surface area contributed by atoms with E-state index in [9.17, 15) is 9.59 Å². The Morgan fingerprint density at radius 3 is 2.06 bits per heavy atom. The van der Waals surface area contributed by atoms with Crippen molar-refractivity contribution in [2.24, 2.45) is 0 Å². The molecule has 0 fully saturated rings. The fourth-order valence-corrected chi connectivity index (χ4v) is 1.44. The normalized spacial score (nSPS) is 9.89. The minimum Gasteiger partial charge on any atom is -0.462 e. The summed E-state index contributed by atoms with van der Waals surface area (Å²) >= 11 is 0. The van der Waals surface area contributed by atoms with E-state index in [2.05, 4.69) is 18.2 Å². The molecule has 0 atom stereocenters. The number of ether oxygens (including phenoxy) is 2. The van der Waals surface area contributed by atoms with Gasteiger partial charge in [-0.05, 0) is 13.3 Å².